The Bertz CT molecular complexity index is 1250. The Kier molecular flexibility index (Phi) is 5.91. The molecular weight excluding hydrogens is 440 g/mol. The fourth-order valence-electron chi connectivity index (χ4n) is 3.91. The van der Waals surface area contributed by atoms with Gasteiger partial charge in [0.25, 0.3) is 0 Å². The summed E-state index contributed by atoms with van der Waals surface area (Å²) in [7, 11) is 1.38. The second kappa shape index (κ2) is 8.54. The highest BCUT2D eigenvalue weighted by Gasteiger charge is 2.46. The lowest BCUT2D eigenvalue weighted by Gasteiger charge is -2.40. The van der Waals surface area contributed by atoms with E-state index in [0.29, 0.717) is 5.56 Å². The molecule has 33 heavy (non-hydrogen) atoms. The van der Waals surface area contributed by atoms with Crippen LogP contribution in [0.3, 0.4) is 0 Å². The molecule has 1 saturated heterocycles. The van der Waals surface area contributed by atoms with Crippen LogP contribution in [-0.2, 0) is 4.74 Å². The summed E-state index contributed by atoms with van der Waals surface area (Å²) in [6.45, 7) is -0.712. The molecule has 1 fully saturated rings. The van der Waals surface area contributed by atoms with Gasteiger partial charge >= 0.3 is 0 Å². The predicted octanol–water partition coefficient (Wildman–Crippen LogP) is 0.100. The first-order valence-electron chi connectivity index (χ1n) is 9.88. The number of methoxy groups -OCH3 is 1. The van der Waals surface area contributed by atoms with Gasteiger partial charge in [0.15, 0.2) is 16.9 Å². The van der Waals surface area contributed by atoms with Crippen LogP contribution < -0.4 is 10.2 Å². The third-order valence-electron chi connectivity index (χ3n) is 5.65. The van der Waals surface area contributed by atoms with Crippen LogP contribution in [0, 0.1) is 0 Å². The number of aliphatic hydroxyl groups is 4. The first kappa shape index (κ1) is 22.8. The number of benzene rings is 2. The van der Waals surface area contributed by atoms with Crippen molar-refractivity contribution in [3.05, 3.63) is 46.1 Å². The van der Waals surface area contributed by atoms with Gasteiger partial charge in [-0.3, -0.25) is 4.79 Å². The molecule has 0 aliphatic carbocycles. The van der Waals surface area contributed by atoms with Gasteiger partial charge in [-0.25, -0.2) is 0 Å². The maximum Gasteiger partial charge on any atom is 0.197 e. The molecule has 0 saturated carbocycles. The molecule has 1 aliphatic heterocycles. The minimum Gasteiger partial charge on any atom is -0.507 e. The van der Waals surface area contributed by atoms with Crippen LogP contribution in [0.25, 0.3) is 22.3 Å². The molecule has 4 rings (SSSR count). The van der Waals surface area contributed by atoms with Gasteiger partial charge in [0, 0.05) is 17.7 Å². The minimum absolute atomic E-state index is 0.0323. The molecule has 11 nitrogen and oxygen atoms in total. The molecule has 5 atom stereocenters. The Morgan fingerprint density at radius 1 is 0.970 bits per heavy atom. The molecule has 0 radical (unpaired) electrons. The molecule has 2 aromatic carbocycles. The van der Waals surface area contributed by atoms with E-state index < -0.39 is 59.6 Å². The summed E-state index contributed by atoms with van der Waals surface area (Å²) in [6, 6.07) is 6.40. The molecule has 11 heteroatoms. The first-order chi connectivity index (χ1) is 15.7. The second-order valence-electron chi connectivity index (χ2n) is 7.64. The number of phenols is 3. The number of aliphatic hydroxyl groups excluding tert-OH is 4. The summed E-state index contributed by atoms with van der Waals surface area (Å²) in [6.07, 6.45) is -8.03. The van der Waals surface area contributed by atoms with Crippen LogP contribution in [-0.4, -0.2) is 73.9 Å². The van der Waals surface area contributed by atoms with Crippen molar-refractivity contribution >= 4 is 11.0 Å². The predicted molar refractivity (Wildman–Crippen MR) is 112 cm³/mol. The van der Waals surface area contributed by atoms with Gasteiger partial charge in [-0.15, -0.1) is 0 Å². The molecule has 0 bridgehead atoms. The molecule has 2 heterocycles. The van der Waals surface area contributed by atoms with Gasteiger partial charge in [0.05, 0.1) is 19.3 Å². The molecule has 0 spiro atoms. The fourth-order valence-corrected chi connectivity index (χ4v) is 3.91. The van der Waals surface area contributed by atoms with E-state index in [1.807, 2.05) is 0 Å². The molecular formula is C22H22O11. The molecule has 0 unspecified atom stereocenters. The molecule has 1 aromatic heterocycles. The number of phenolic OH excluding ortho intramolecular Hbond substituents is 3. The van der Waals surface area contributed by atoms with E-state index in [9.17, 15) is 40.5 Å². The zero-order valence-corrected chi connectivity index (χ0v) is 17.2. The number of hydrogen-bond donors (Lipinski definition) is 7. The van der Waals surface area contributed by atoms with Gasteiger partial charge in [-0.2, -0.15) is 0 Å². The SMILES string of the molecule is COc1ccc(-c2cc(=O)c3c(O)c([C@@H]4O[C@@H](CO)[C@@H](O)[C@H](O)[C@H]4O)c(O)cc3o2)cc1O. The summed E-state index contributed by atoms with van der Waals surface area (Å²) >= 11 is 0. The lowest BCUT2D eigenvalue weighted by atomic mass is 9.89. The van der Waals surface area contributed by atoms with Crippen molar-refractivity contribution in [2.45, 2.75) is 30.5 Å². The van der Waals surface area contributed by atoms with E-state index in [2.05, 4.69) is 0 Å². The highest BCUT2D eigenvalue weighted by molar-refractivity contribution is 5.88. The summed E-state index contributed by atoms with van der Waals surface area (Å²) < 4.78 is 16.0. The third kappa shape index (κ3) is 3.75. The Morgan fingerprint density at radius 2 is 1.70 bits per heavy atom. The van der Waals surface area contributed by atoms with Crippen molar-refractivity contribution in [1.82, 2.24) is 0 Å². The van der Waals surface area contributed by atoms with Crippen molar-refractivity contribution in [3.8, 4) is 34.3 Å². The van der Waals surface area contributed by atoms with E-state index in [4.69, 9.17) is 13.9 Å². The highest BCUT2D eigenvalue weighted by atomic mass is 16.5. The quantitative estimate of drug-likeness (QED) is 0.278. The van der Waals surface area contributed by atoms with Crippen LogP contribution in [0.2, 0.25) is 0 Å². The maximum atomic E-state index is 12.8. The Labute approximate surface area is 185 Å². The van der Waals surface area contributed by atoms with E-state index in [1.165, 1.54) is 25.3 Å². The largest absolute Gasteiger partial charge is 0.507 e. The van der Waals surface area contributed by atoms with E-state index >= 15 is 0 Å². The molecule has 0 amide bonds. The topological polar surface area (TPSA) is 190 Å². The van der Waals surface area contributed by atoms with Crippen LogP contribution in [0.4, 0.5) is 0 Å². The van der Waals surface area contributed by atoms with Crippen molar-refractivity contribution < 1.29 is 49.6 Å². The summed E-state index contributed by atoms with van der Waals surface area (Å²) in [4.78, 5) is 12.8. The van der Waals surface area contributed by atoms with Gasteiger partial charge in [-0.1, -0.05) is 0 Å². The first-order valence-corrected chi connectivity index (χ1v) is 9.88. The maximum absolute atomic E-state index is 12.8. The normalized spacial score (nSPS) is 25.3. The van der Waals surface area contributed by atoms with Crippen molar-refractivity contribution in [1.29, 1.82) is 0 Å². The fraction of sp³-hybridized carbons (Fsp3) is 0.318. The average Bonchev–Trinajstić information content (AvgIpc) is 2.78. The Hall–Kier alpha value is -3.35. The lowest BCUT2D eigenvalue weighted by molar-refractivity contribution is -0.232. The number of aromatic hydroxyl groups is 3. The third-order valence-corrected chi connectivity index (χ3v) is 5.65. The molecule has 176 valence electrons. The highest BCUT2D eigenvalue weighted by Crippen LogP contribution is 2.44. The van der Waals surface area contributed by atoms with Crippen LogP contribution in [0.5, 0.6) is 23.0 Å². The monoisotopic (exact) mass is 462 g/mol. The smallest absolute Gasteiger partial charge is 0.197 e. The lowest BCUT2D eigenvalue weighted by Crippen LogP contribution is -2.55. The Balaban J connectivity index is 1.84. The van der Waals surface area contributed by atoms with E-state index in [-0.39, 0.29) is 28.2 Å². The standard InChI is InChI=1S/C22H22O11/c1-31-12-3-2-8(4-9(12)24)13-5-10(25)16-14(32-13)6-11(26)17(19(16)28)22-21(30)20(29)18(27)15(7-23)33-22/h2-6,15,18,20-24,26-30H,7H2,1H3/t15-,18+,20-,21+,22-/m0/s1. The summed E-state index contributed by atoms with van der Waals surface area (Å²) in [5.41, 5.74) is -0.994. The number of fused-ring (bicyclic) bond motifs is 1. The molecule has 3 aromatic rings. The molecule has 1 aliphatic rings. The zero-order chi connectivity index (χ0) is 24.0. The number of hydrogen-bond acceptors (Lipinski definition) is 11. The van der Waals surface area contributed by atoms with Gasteiger partial charge in [0.1, 0.15) is 58.7 Å². The van der Waals surface area contributed by atoms with Gasteiger partial charge < -0.3 is 49.6 Å². The van der Waals surface area contributed by atoms with E-state index in [0.717, 1.165) is 12.1 Å². The van der Waals surface area contributed by atoms with E-state index in [1.54, 1.807) is 0 Å². The number of rotatable bonds is 4. The average molecular weight is 462 g/mol. The zero-order valence-electron chi connectivity index (χ0n) is 17.2. The van der Waals surface area contributed by atoms with Crippen molar-refractivity contribution in [3.63, 3.8) is 0 Å². The van der Waals surface area contributed by atoms with Crippen LogP contribution in [0.15, 0.2) is 39.5 Å². The summed E-state index contributed by atoms with van der Waals surface area (Å²) in [5.74, 6) is -1.33. The van der Waals surface area contributed by atoms with Gasteiger partial charge in [-0.05, 0) is 18.2 Å². The van der Waals surface area contributed by atoms with Crippen LogP contribution in [0.1, 0.15) is 11.7 Å². The van der Waals surface area contributed by atoms with Crippen molar-refractivity contribution in [2.75, 3.05) is 13.7 Å². The second-order valence-corrected chi connectivity index (χ2v) is 7.64. The van der Waals surface area contributed by atoms with Crippen LogP contribution >= 0.6 is 0 Å². The number of ether oxygens (including phenoxy) is 2. The van der Waals surface area contributed by atoms with Gasteiger partial charge in [0.2, 0.25) is 0 Å². The molecule has 7 N–H and O–H groups in total. The summed E-state index contributed by atoms with van der Waals surface area (Å²) in [5, 5.41) is 70.7. The van der Waals surface area contributed by atoms with Crippen molar-refractivity contribution in [2.24, 2.45) is 0 Å². The minimum atomic E-state index is -1.79. The Morgan fingerprint density at radius 3 is 2.33 bits per heavy atom.